The Balaban J connectivity index is 2.53. The Bertz CT molecular complexity index is 641. The van der Waals surface area contributed by atoms with Gasteiger partial charge in [0.2, 0.25) is 0 Å². The first-order valence-corrected chi connectivity index (χ1v) is 4.94. The van der Waals surface area contributed by atoms with Gasteiger partial charge in [-0.1, -0.05) is 36.4 Å². The fraction of sp³-hybridized carbons (Fsp3) is 0. The number of fused-ring (bicyclic) bond motifs is 2. The highest BCUT2D eigenvalue weighted by atomic mass is 14.5. The molecular weight excluding hydrogens is 182 g/mol. The second-order valence-corrected chi connectivity index (χ2v) is 3.67. The summed E-state index contributed by atoms with van der Waals surface area (Å²) in [7, 11) is 0. The topological polar surface area (TPSA) is 26.0 Å². The minimum Gasteiger partial charge on any atom is -0.398 e. The average Bonchev–Trinajstić information content (AvgIpc) is 2.27. The van der Waals surface area contributed by atoms with Crippen LogP contribution in [0.15, 0.2) is 48.5 Å². The number of rotatable bonds is 0. The summed E-state index contributed by atoms with van der Waals surface area (Å²) in [6.45, 7) is 0. The van der Waals surface area contributed by atoms with Crippen molar-refractivity contribution in [1.82, 2.24) is 0 Å². The Morgan fingerprint density at radius 1 is 0.867 bits per heavy atom. The van der Waals surface area contributed by atoms with Gasteiger partial charge >= 0.3 is 0 Å². The third kappa shape index (κ3) is 1.24. The lowest BCUT2D eigenvalue weighted by molar-refractivity contribution is 1.74. The quantitative estimate of drug-likeness (QED) is 0.429. The molecule has 3 rings (SSSR count). The van der Waals surface area contributed by atoms with Crippen molar-refractivity contribution in [3.05, 3.63) is 54.6 Å². The lowest BCUT2D eigenvalue weighted by atomic mass is 10.0. The minimum atomic E-state index is 0.814. The molecule has 15 heavy (non-hydrogen) atoms. The first kappa shape index (κ1) is 8.30. The Kier molecular flexibility index (Phi) is 1.65. The van der Waals surface area contributed by atoms with E-state index in [-0.39, 0.29) is 0 Å². The molecule has 3 aromatic rings. The molecule has 0 bridgehead atoms. The zero-order valence-corrected chi connectivity index (χ0v) is 8.20. The fourth-order valence-corrected chi connectivity index (χ4v) is 1.89. The van der Waals surface area contributed by atoms with Gasteiger partial charge in [-0.3, -0.25) is 0 Å². The van der Waals surface area contributed by atoms with Gasteiger partial charge in [0.1, 0.15) is 0 Å². The molecule has 1 radical (unpaired) electrons. The molecule has 1 heteroatoms. The Labute approximate surface area is 88.1 Å². The van der Waals surface area contributed by atoms with Crippen LogP contribution in [0.5, 0.6) is 0 Å². The Hall–Kier alpha value is -2.02. The monoisotopic (exact) mass is 192 g/mol. The van der Waals surface area contributed by atoms with Gasteiger partial charge in [0.15, 0.2) is 0 Å². The zero-order chi connectivity index (χ0) is 10.3. The summed E-state index contributed by atoms with van der Waals surface area (Å²) in [4.78, 5) is 0. The van der Waals surface area contributed by atoms with Gasteiger partial charge in [-0.25, -0.2) is 0 Å². The van der Waals surface area contributed by atoms with Crippen molar-refractivity contribution in [3.63, 3.8) is 0 Å². The summed E-state index contributed by atoms with van der Waals surface area (Å²) in [6.07, 6.45) is 0. The minimum absolute atomic E-state index is 0.814. The molecule has 1 nitrogen and oxygen atoms in total. The van der Waals surface area contributed by atoms with Crippen molar-refractivity contribution in [2.45, 2.75) is 0 Å². The maximum atomic E-state index is 5.93. The smallest absolute Gasteiger partial charge is 0.0394 e. The van der Waals surface area contributed by atoms with E-state index in [0.29, 0.717) is 0 Å². The number of hydrogen-bond donors (Lipinski definition) is 1. The molecule has 0 spiro atoms. The second-order valence-electron chi connectivity index (χ2n) is 3.67. The van der Waals surface area contributed by atoms with E-state index >= 15 is 0 Å². The third-order valence-electron chi connectivity index (χ3n) is 2.67. The van der Waals surface area contributed by atoms with Crippen LogP contribution >= 0.6 is 0 Å². The maximum absolute atomic E-state index is 5.93. The van der Waals surface area contributed by atoms with Crippen LogP contribution in [0.1, 0.15) is 0 Å². The molecule has 0 aliphatic heterocycles. The van der Waals surface area contributed by atoms with E-state index in [1.807, 2.05) is 30.3 Å². The molecule has 0 unspecified atom stereocenters. The highest BCUT2D eigenvalue weighted by Gasteiger charge is 1.99. The van der Waals surface area contributed by atoms with E-state index in [9.17, 15) is 0 Å². The lowest BCUT2D eigenvalue weighted by Gasteiger charge is -2.03. The summed E-state index contributed by atoms with van der Waals surface area (Å²) >= 11 is 0. The maximum Gasteiger partial charge on any atom is 0.0394 e. The molecule has 0 saturated heterocycles. The Morgan fingerprint density at radius 2 is 1.67 bits per heavy atom. The standard InChI is InChI=1S/C14H10N/c15-14-7-3-6-12-8-10-4-1-2-5-11(10)9-13(12)14/h1-7,9H,15H2. The van der Waals surface area contributed by atoms with Gasteiger partial charge in [-0.15, -0.1) is 0 Å². The van der Waals surface area contributed by atoms with Crippen LogP contribution in [0.2, 0.25) is 0 Å². The van der Waals surface area contributed by atoms with Crippen molar-refractivity contribution >= 4 is 27.2 Å². The lowest BCUT2D eigenvalue weighted by Crippen LogP contribution is -1.86. The largest absolute Gasteiger partial charge is 0.398 e. The molecule has 71 valence electrons. The molecule has 3 aromatic carbocycles. The zero-order valence-electron chi connectivity index (χ0n) is 8.20. The van der Waals surface area contributed by atoms with Crippen LogP contribution in [0.4, 0.5) is 5.69 Å². The predicted octanol–water partition coefficient (Wildman–Crippen LogP) is 3.38. The summed E-state index contributed by atoms with van der Waals surface area (Å²) < 4.78 is 0. The molecule has 0 saturated carbocycles. The van der Waals surface area contributed by atoms with Crippen molar-refractivity contribution < 1.29 is 0 Å². The van der Waals surface area contributed by atoms with Crippen LogP contribution in [0, 0.1) is 6.07 Å². The van der Waals surface area contributed by atoms with E-state index in [2.05, 4.69) is 24.3 Å². The van der Waals surface area contributed by atoms with Crippen LogP contribution in [-0.2, 0) is 0 Å². The van der Waals surface area contributed by atoms with E-state index < -0.39 is 0 Å². The first-order valence-electron chi connectivity index (χ1n) is 4.94. The van der Waals surface area contributed by atoms with Gasteiger partial charge in [-0.2, -0.15) is 0 Å². The van der Waals surface area contributed by atoms with Gasteiger partial charge in [0.25, 0.3) is 0 Å². The normalized spacial score (nSPS) is 10.9. The van der Waals surface area contributed by atoms with E-state index in [4.69, 9.17) is 5.73 Å². The van der Waals surface area contributed by atoms with Crippen LogP contribution in [-0.4, -0.2) is 0 Å². The predicted molar refractivity (Wildman–Crippen MR) is 64.7 cm³/mol. The van der Waals surface area contributed by atoms with Crippen molar-refractivity contribution in [1.29, 1.82) is 0 Å². The third-order valence-corrected chi connectivity index (χ3v) is 2.67. The van der Waals surface area contributed by atoms with Gasteiger partial charge < -0.3 is 5.73 Å². The number of benzene rings is 3. The number of nitrogen functional groups attached to an aromatic ring is 1. The number of nitrogens with two attached hydrogens (primary N) is 1. The molecule has 0 fully saturated rings. The summed E-state index contributed by atoms with van der Waals surface area (Å²) in [5, 5.41) is 4.48. The van der Waals surface area contributed by atoms with Crippen LogP contribution in [0.25, 0.3) is 21.5 Å². The van der Waals surface area contributed by atoms with Crippen LogP contribution in [0.3, 0.4) is 0 Å². The highest BCUT2D eigenvalue weighted by Crippen LogP contribution is 2.25. The van der Waals surface area contributed by atoms with Gasteiger partial charge in [0.05, 0.1) is 0 Å². The molecule has 0 atom stereocenters. The summed E-state index contributed by atoms with van der Waals surface area (Å²) in [6, 6.07) is 19.6. The van der Waals surface area contributed by atoms with Crippen molar-refractivity contribution in [3.8, 4) is 0 Å². The van der Waals surface area contributed by atoms with Crippen molar-refractivity contribution in [2.24, 2.45) is 0 Å². The molecular formula is C14H10N. The summed E-state index contributed by atoms with van der Waals surface area (Å²) in [5.41, 5.74) is 6.74. The molecule has 0 aromatic heterocycles. The number of hydrogen-bond acceptors (Lipinski definition) is 1. The molecule has 0 heterocycles. The van der Waals surface area contributed by atoms with Gasteiger partial charge in [0, 0.05) is 11.1 Å². The second kappa shape index (κ2) is 2.99. The molecule has 0 aliphatic rings. The Morgan fingerprint density at radius 3 is 2.60 bits per heavy atom. The number of anilines is 1. The van der Waals surface area contributed by atoms with E-state index in [1.54, 1.807) is 0 Å². The molecule has 2 N–H and O–H groups in total. The molecule has 0 aliphatic carbocycles. The van der Waals surface area contributed by atoms with E-state index in [1.165, 1.54) is 5.39 Å². The SMILES string of the molecule is Nc1cccc2[c]c3ccccc3cc12. The average molecular weight is 192 g/mol. The van der Waals surface area contributed by atoms with Crippen molar-refractivity contribution in [2.75, 3.05) is 5.73 Å². The summed E-state index contributed by atoms with van der Waals surface area (Å²) in [5.74, 6) is 0. The highest BCUT2D eigenvalue weighted by molar-refractivity contribution is 6.02. The van der Waals surface area contributed by atoms with Crippen LogP contribution < -0.4 is 5.73 Å². The fourth-order valence-electron chi connectivity index (χ4n) is 1.89. The van der Waals surface area contributed by atoms with E-state index in [0.717, 1.165) is 21.8 Å². The van der Waals surface area contributed by atoms with Gasteiger partial charge in [-0.05, 0) is 34.4 Å². The first-order chi connectivity index (χ1) is 7.34. The molecule has 0 amide bonds.